The third-order valence-corrected chi connectivity index (χ3v) is 3.34. The molecule has 0 aromatic heterocycles. The van der Waals surface area contributed by atoms with Gasteiger partial charge in [-0.15, -0.1) is 6.42 Å². The molecule has 0 saturated carbocycles. The number of aliphatic carboxylic acids is 1. The van der Waals surface area contributed by atoms with Gasteiger partial charge in [0.1, 0.15) is 6.04 Å². The van der Waals surface area contributed by atoms with Crippen molar-refractivity contribution < 1.29 is 9.90 Å². The number of carboxylic acid groups (broad SMARTS) is 1. The summed E-state index contributed by atoms with van der Waals surface area (Å²) < 4.78 is 0. The van der Waals surface area contributed by atoms with Gasteiger partial charge < -0.3 is 5.11 Å². The first-order valence-electron chi connectivity index (χ1n) is 6.73. The molecule has 106 valence electrons. The lowest BCUT2D eigenvalue weighted by molar-refractivity contribution is -0.139. The second-order valence-electron chi connectivity index (χ2n) is 4.70. The highest BCUT2D eigenvalue weighted by Gasteiger charge is 2.30. The van der Waals surface area contributed by atoms with Crippen molar-refractivity contribution in [2.45, 2.75) is 12.0 Å². The first-order chi connectivity index (χ1) is 10.2. The normalized spacial score (nSPS) is 11.8. The monoisotopic (exact) mass is 279 g/mol. The number of hydrogen-bond donors (Lipinski definition) is 2. The van der Waals surface area contributed by atoms with Crippen molar-refractivity contribution in [3.8, 4) is 12.3 Å². The quantitative estimate of drug-likeness (QED) is 0.799. The minimum atomic E-state index is -0.914. The van der Waals surface area contributed by atoms with E-state index in [-0.39, 0.29) is 12.5 Å². The summed E-state index contributed by atoms with van der Waals surface area (Å²) in [6.45, 7) is 0.215. The standard InChI is InChI=1S/C18H17NO2/c1-2-13-19-17(18(20)21)16(14-9-5-3-6-10-14)15-11-7-4-8-12-15/h1,3-12,16-17,19H,13H2,(H,20,21). The van der Waals surface area contributed by atoms with Crippen LogP contribution in [-0.4, -0.2) is 23.7 Å². The highest BCUT2D eigenvalue weighted by atomic mass is 16.4. The molecule has 2 rings (SSSR count). The van der Waals surface area contributed by atoms with E-state index < -0.39 is 12.0 Å². The van der Waals surface area contributed by atoms with Crippen LogP contribution in [0.5, 0.6) is 0 Å². The Morgan fingerprint density at radius 3 is 1.90 bits per heavy atom. The smallest absolute Gasteiger partial charge is 0.321 e. The molecule has 0 aliphatic rings. The number of rotatable bonds is 6. The Morgan fingerprint density at radius 1 is 1.05 bits per heavy atom. The molecule has 2 N–H and O–H groups in total. The Bertz CT molecular complexity index is 577. The third kappa shape index (κ3) is 3.71. The molecule has 0 aliphatic carbocycles. The van der Waals surface area contributed by atoms with E-state index in [0.717, 1.165) is 11.1 Å². The van der Waals surface area contributed by atoms with E-state index in [1.165, 1.54) is 0 Å². The van der Waals surface area contributed by atoms with Crippen LogP contribution in [0.1, 0.15) is 17.0 Å². The van der Waals surface area contributed by atoms with E-state index in [2.05, 4.69) is 11.2 Å². The fraction of sp³-hybridized carbons (Fsp3) is 0.167. The molecule has 21 heavy (non-hydrogen) atoms. The summed E-state index contributed by atoms with van der Waals surface area (Å²) >= 11 is 0. The fourth-order valence-electron chi connectivity index (χ4n) is 2.41. The molecule has 3 heteroatoms. The molecule has 0 fully saturated rings. The van der Waals surface area contributed by atoms with Crippen LogP contribution in [0.3, 0.4) is 0 Å². The molecule has 0 radical (unpaired) electrons. The summed E-state index contributed by atoms with van der Waals surface area (Å²) in [7, 11) is 0. The summed E-state index contributed by atoms with van der Waals surface area (Å²) in [5, 5.41) is 12.5. The van der Waals surface area contributed by atoms with Gasteiger partial charge in [0.2, 0.25) is 0 Å². The number of terminal acetylenes is 1. The van der Waals surface area contributed by atoms with Crippen LogP contribution >= 0.6 is 0 Å². The molecule has 0 spiro atoms. The van der Waals surface area contributed by atoms with Crippen molar-refractivity contribution in [3.63, 3.8) is 0 Å². The maximum atomic E-state index is 11.7. The summed E-state index contributed by atoms with van der Waals surface area (Å²) in [4.78, 5) is 11.7. The van der Waals surface area contributed by atoms with Crippen molar-refractivity contribution in [2.24, 2.45) is 0 Å². The molecule has 0 aliphatic heterocycles. The molecule has 2 aromatic rings. The van der Waals surface area contributed by atoms with Gasteiger partial charge in [0, 0.05) is 5.92 Å². The van der Waals surface area contributed by atoms with Crippen molar-refractivity contribution in [1.82, 2.24) is 5.32 Å². The van der Waals surface area contributed by atoms with Gasteiger partial charge in [-0.3, -0.25) is 10.1 Å². The largest absolute Gasteiger partial charge is 0.480 e. The van der Waals surface area contributed by atoms with Crippen LogP contribution in [0.25, 0.3) is 0 Å². The minimum absolute atomic E-state index is 0.215. The summed E-state index contributed by atoms with van der Waals surface area (Å²) in [5.74, 6) is 1.23. The average molecular weight is 279 g/mol. The van der Waals surface area contributed by atoms with Gasteiger partial charge in [0.15, 0.2) is 0 Å². The predicted molar refractivity (Wildman–Crippen MR) is 83.0 cm³/mol. The molecular weight excluding hydrogens is 262 g/mol. The maximum Gasteiger partial charge on any atom is 0.321 e. The van der Waals surface area contributed by atoms with Crippen molar-refractivity contribution in [1.29, 1.82) is 0 Å². The van der Waals surface area contributed by atoms with Gasteiger partial charge in [0.05, 0.1) is 6.54 Å². The number of benzene rings is 2. The molecule has 1 unspecified atom stereocenters. The zero-order valence-corrected chi connectivity index (χ0v) is 11.6. The van der Waals surface area contributed by atoms with Crippen molar-refractivity contribution in [2.75, 3.05) is 6.54 Å². The van der Waals surface area contributed by atoms with Crippen LogP contribution in [0, 0.1) is 12.3 Å². The van der Waals surface area contributed by atoms with Crippen molar-refractivity contribution in [3.05, 3.63) is 71.8 Å². The van der Waals surface area contributed by atoms with Crippen LogP contribution in [0.2, 0.25) is 0 Å². The number of carboxylic acids is 1. The van der Waals surface area contributed by atoms with E-state index in [4.69, 9.17) is 6.42 Å². The Hall–Kier alpha value is -2.57. The number of hydrogen-bond acceptors (Lipinski definition) is 2. The lowest BCUT2D eigenvalue weighted by atomic mass is 9.85. The SMILES string of the molecule is C#CCNC(C(=O)O)C(c1ccccc1)c1ccccc1. The Balaban J connectivity index is 2.45. The molecule has 0 saturated heterocycles. The maximum absolute atomic E-state index is 11.7. The lowest BCUT2D eigenvalue weighted by Gasteiger charge is -2.25. The molecule has 3 nitrogen and oxygen atoms in total. The average Bonchev–Trinajstić information content (AvgIpc) is 2.53. The minimum Gasteiger partial charge on any atom is -0.480 e. The third-order valence-electron chi connectivity index (χ3n) is 3.34. The second kappa shape index (κ2) is 7.28. The van der Waals surface area contributed by atoms with Crippen LogP contribution < -0.4 is 5.32 Å². The fourth-order valence-corrected chi connectivity index (χ4v) is 2.41. The second-order valence-corrected chi connectivity index (χ2v) is 4.70. The molecule has 2 aromatic carbocycles. The van der Waals surface area contributed by atoms with E-state index >= 15 is 0 Å². The Labute approximate surface area is 124 Å². The number of carbonyl (C=O) groups is 1. The van der Waals surface area contributed by atoms with Gasteiger partial charge >= 0.3 is 5.97 Å². The van der Waals surface area contributed by atoms with Gasteiger partial charge in [-0.05, 0) is 11.1 Å². The van der Waals surface area contributed by atoms with E-state index in [1.807, 2.05) is 60.7 Å². The highest BCUT2D eigenvalue weighted by molar-refractivity contribution is 5.76. The van der Waals surface area contributed by atoms with Gasteiger partial charge in [0.25, 0.3) is 0 Å². The summed E-state index contributed by atoms with van der Waals surface area (Å²) in [6.07, 6.45) is 5.25. The molecule has 0 heterocycles. The summed E-state index contributed by atoms with van der Waals surface area (Å²) in [5.41, 5.74) is 1.89. The Morgan fingerprint density at radius 2 is 1.52 bits per heavy atom. The summed E-state index contributed by atoms with van der Waals surface area (Å²) in [6, 6.07) is 18.4. The zero-order valence-electron chi connectivity index (χ0n) is 11.6. The van der Waals surface area contributed by atoms with Crippen LogP contribution in [-0.2, 0) is 4.79 Å². The van der Waals surface area contributed by atoms with E-state index in [9.17, 15) is 9.90 Å². The van der Waals surface area contributed by atoms with Crippen molar-refractivity contribution >= 4 is 5.97 Å². The zero-order chi connectivity index (χ0) is 15.1. The molecule has 0 bridgehead atoms. The van der Waals surface area contributed by atoms with E-state index in [1.54, 1.807) is 0 Å². The topological polar surface area (TPSA) is 49.3 Å². The first kappa shape index (κ1) is 14.8. The van der Waals surface area contributed by atoms with E-state index in [0.29, 0.717) is 0 Å². The molecule has 0 amide bonds. The molecular formula is C18H17NO2. The van der Waals surface area contributed by atoms with Crippen LogP contribution in [0.4, 0.5) is 0 Å². The number of nitrogens with one attached hydrogen (secondary N) is 1. The Kier molecular flexibility index (Phi) is 5.14. The predicted octanol–water partition coefficient (Wildman–Crippen LogP) is 2.49. The highest BCUT2D eigenvalue weighted by Crippen LogP contribution is 2.28. The van der Waals surface area contributed by atoms with Crippen LogP contribution in [0.15, 0.2) is 60.7 Å². The molecule has 1 atom stereocenters. The van der Waals surface area contributed by atoms with Gasteiger partial charge in [-0.2, -0.15) is 0 Å². The van der Waals surface area contributed by atoms with Gasteiger partial charge in [-0.25, -0.2) is 0 Å². The lowest BCUT2D eigenvalue weighted by Crippen LogP contribution is -2.42. The first-order valence-corrected chi connectivity index (χ1v) is 6.73. The van der Waals surface area contributed by atoms with Gasteiger partial charge in [-0.1, -0.05) is 66.6 Å².